The Morgan fingerprint density at radius 2 is 1.77 bits per heavy atom. The Bertz CT molecular complexity index is 1280. The van der Waals surface area contributed by atoms with Gasteiger partial charge < -0.3 is 10.6 Å². The number of aryl methyl sites for hydroxylation is 2. The molecule has 0 atom stereocenters. The molecular weight excluding hydrogens is 404 g/mol. The van der Waals surface area contributed by atoms with E-state index >= 15 is 0 Å². The van der Waals surface area contributed by atoms with Crippen LogP contribution in [0.15, 0.2) is 54.9 Å². The zero-order chi connectivity index (χ0) is 21.3. The number of nitro groups is 1. The molecule has 0 unspecified atom stereocenters. The summed E-state index contributed by atoms with van der Waals surface area (Å²) in [6.45, 7) is 3.76. The fraction of sp³-hybridized carbons (Fsp3) is 0.0952. The Hall–Kier alpha value is -3.78. The molecule has 0 fully saturated rings. The Morgan fingerprint density at radius 3 is 2.50 bits per heavy atom. The second-order valence-electron chi connectivity index (χ2n) is 6.72. The van der Waals surface area contributed by atoms with Crippen LogP contribution in [0, 0.1) is 24.0 Å². The van der Waals surface area contributed by atoms with Gasteiger partial charge in [0.15, 0.2) is 0 Å². The van der Waals surface area contributed by atoms with E-state index in [-0.39, 0.29) is 17.3 Å². The van der Waals surface area contributed by atoms with Crippen LogP contribution in [0.5, 0.6) is 0 Å². The number of halogens is 1. The number of fused-ring (bicyclic) bond motifs is 1. The van der Waals surface area contributed by atoms with Crippen LogP contribution in [0.1, 0.15) is 11.3 Å². The second kappa shape index (κ2) is 7.92. The van der Waals surface area contributed by atoms with Gasteiger partial charge in [-0.1, -0.05) is 35.9 Å². The van der Waals surface area contributed by atoms with Gasteiger partial charge in [0.2, 0.25) is 11.6 Å². The van der Waals surface area contributed by atoms with E-state index in [0.717, 1.165) is 16.6 Å². The zero-order valence-corrected chi connectivity index (χ0v) is 16.9. The van der Waals surface area contributed by atoms with Crippen LogP contribution in [0.25, 0.3) is 10.9 Å². The molecule has 0 aliphatic rings. The van der Waals surface area contributed by atoms with Crippen molar-refractivity contribution in [2.24, 2.45) is 0 Å². The lowest BCUT2D eigenvalue weighted by atomic mass is 10.1. The summed E-state index contributed by atoms with van der Waals surface area (Å²) in [5, 5.41) is 19.3. The van der Waals surface area contributed by atoms with Gasteiger partial charge in [0.05, 0.1) is 16.1 Å². The number of anilines is 4. The summed E-state index contributed by atoms with van der Waals surface area (Å²) >= 11 is 6.16. The van der Waals surface area contributed by atoms with E-state index in [1.165, 1.54) is 6.33 Å². The first-order valence-corrected chi connectivity index (χ1v) is 9.46. The molecule has 4 aromatic rings. The van der Waals surface area contributed by atoms with Gasteiger partial charge >= 0.3 is 5.69 Å². The minimum Gasteiger partial charge on any atom is -0.334 e. The van der Waals surface area contributed by atoms with Gasteiger partial charge in [0.1, 0.15) is 6.33 Å². The summed E-state index contributed by atoms with van der Waals surface area (Å²) in [6.07, 6.45) is 1.26. The molecule has 2 aromatic carbocycles. The number of benzene rings is 2. The van der Waals surface area contributed by atoms with Crippen LogP contribution in [-0.2, 0) is 0 Å². The number of rotatable bonds is 5. The molecule has 9 heteroatoms. The summed E-state index contributed by atoms with van der Waals surface area (Å²) < 4.78 is 0. The van der Waals surface area contributed by atoms with Gasteiger partial charge in [0.25, 0.3) is 0 Å². The van der Waals surface area contributed by atoms with Crippen molar-refractivity contribution in [3.05, 3.63) is 81.3 Å². The largest absolute Gasteiger partial charge is 0.353 e. The first-order chi connectivity index (χ1) is 14.4. The van der Waals surface area contributed by atoms with Gasteiger partial charge in [0, 0.05) is 21.8 Å². The summed E-state index contributed by atoms with van der Waals surface area (Å²) in [5.74, 6) is 0.119. The lowest BCUT2D eigenvalue weighted by Crippen LogP contribution is -2.06. The highest BCUT2D eigenvalue weighted by atomic mass is 35.5. The fourth-order valence-electron chi connectivity index (χ4n) is 3.02. The van der Waals surface area contributed by atoms with Crippen molar-refractivity contribution in [1.82, 2.24) is 15.0 Å². The zero-order valence-electron chi connectivity index (χ0n) is 16.2. The second-order valence-corrected chi connectivity index (χ2v) is 7.13. The third-order valence-electron chi connectivity index (χ3n) is 4.55. The summed E-state index contributed by atoms with van der Waals surface area (Å²) in [6, 6.07) is 14.7. The first kappa shape index (κ1) is 19.5. The van der Waals surface area contributed by atoms with Gasteiger partial charge in [-0.2, -0.15) is 0 Å². The number of nitrogens with zero attached hydrogens (tertiary/aromatic N) is 4. The molecule has 8 nitrogen and oxygen atoms in total. The van der Waals surface area contributed by atoms with Gasteiger partial charge in [-0.15, -0.1) is 0 Å². The number of nitrogens with one attached hydrogen (secondary N) is 2. The Kier molecular flexibility index (Phi) is 5.16. The highest BCUT2D eigenvalue weighted by molar-refractivity contribution is 6.31. The number of hydrogen-bond acceptors (Lipinski definition) is 7. The Balaban J connectivity index is 1.76. The molecule has 0 spiro atoms. The molecule has 0 bridgehead atoms. The van der Waals surface area contributed by atoms with Crippen LogP contribution in [0.4, 0.5) is 28.7 Å². The molecule has 0 saturated heterocycles. The summed E-state index contributed by atoms with van der Waals surface area (Å²) in [5.41, 5.74) is 3.36. The fourth-order valence-corrected chi connectivity index (χ4v) is 3.20. The topological polar surface area (TPSA) is 106 Å². The van der Waals surface area contributed by atoms with Crippen molar-refractivity contribution in [3.8, 4) is 0 Å². The van der Waals surface area contributed by atoms with Crippen molar-refractivity contribution < 1.29 is 4.92 Å². The summed E-state index contributed by atoms with van der Waals surface area (Å²) in [7, 11) is 0. The third-order valence-corrected chi connectivity index (χ3v) is 4.96. The molecule has 2 heterocycles. The molecule has 2 aromatic heterocycles. The maximum atomic E-state index is 11.9. The van der Waals surface area contributed by atoms with Crippen LogP contribution in [0.3, 0.4) is 0 Å². The van der Waals surface area contributed by atoms with E-state index in [9.17, 15) is 10.1 Å². The van der Waals surface area contributed by atoms with Crippen molar-refractivity contribution in [2.45, 2.75) is 13.8 Å². The molecule has 0 aliphatic carbocycles. The maximum Gasteiger partial charge on any atom is 0.353 e. The molecular formula is C21H17ClN6O2. The van der Waals surface area contributed by atoms with Gasteiger partial charge in [-0.05, 0) is 43.7 Å². The SMILES string of the molecule is Cc1ccc2cccc(Nc3ncnc(Nc4ccc(C)c(Cl)c4)c3[N+](=O)[O-])c2n1. The smallest absolute Gasteiger partial charge is 0.334 e. The van der Waals surface area contributed by atoms with E-state index < -0.39 is 4.92 Å². The maximum absolute atomic E-state index is 11.9. The normalized spacial score (nSPS) is 10.8. The molecule has 0 radical (unpaired) electrons. The molecule has 150 valence electrons. The summed E-state index contributed by atoms with van der Waals surface area (Å²) in [4.78, 5) is 24.1. The standard InChI is InChI=1S/C21H17ClN6O2/c1-12-6-9-15(10-16(12)22)26-20-19(28(29)30)21(24-11-23-20)27-17-5-3-4-14-8-7-13(2)25-18(14)17/h3-11H,1-2H3,(H2,23,24,26,27). The Labute approximate surface area is 177 Å². The van der Waals surface area contributed by atoms with E-state index in [0.29, 0.717) is 21.9 Å². The molecule has 0 amide bonds. The number of hydrogen-bond donors (Lipinski definition) is 2. The van der Waals surface area contributed by atoms with E-state index in [1.807, 2.05) is 44.2 Å². The highest BCUT2D eigenvalue weighted by Crippen LogP contribution is 2.35. The monoisotopic (exact) mass is 420 g/mol. The Morgan fingerprint density at radius 1 is 1.00 bits per heavy atom. The third kappa shape index (κ3) is 3.85. The van der Waals surface area contributed by atoms with Crippen molar-refractivity contribution in [2.75, 3.05) is 10.6 Å². The first-order valence-electron chi connectivity index (χ1n) is 9.08. The number of pyridine rings is 1. The van der Waals surface area contributed by atoms with E-state index in [2.05, 4.69) is 25.6 Å². The van der Waals surface area contributed by atoms with Crippen LogP contribution in [0.2, 0.25) is 5.02 Å². The van der Waals surface area contributed by atoms with E-state index in [4.69, 9.17) is 11.6 Å². The molecule has 30 heavy (non-hydrogen) atoms. The average molecular weight is 421 g/mol. The highest BCUT2D eigenvalue weighted by Gasteiger charge is 2.24. The van der Waals surface area contributed by atoms with E-state index in [1.54, 1.807) is 18.2 Å². The lowest BCUT2D eigenvalue weighted by Gasteiger charge is -2.12. The number of para-hydroxylation sites is 1. The average Bonchev–Trinajstić information content (AvgIpc) is 2.71. The minimum atomic E-state index is -0.524. The molecule has 0 saturated carbocycles. The van der Waals surface area contributed by atoms with Crippen molar-refractivity contribution in [3.63, 3.8) is 0 Å². The van der Waals surface area contributed by atoms with Crippen LogP contribution >= 0.6 is 11.6 Å². The van der Waals surface area contributed by atoms with Gasteiger partial charge in [-0.25, -0.2) is 9.97 Å². The predicted molar refractivity (Wildman–Crippen MR) is 118 cm³/mol. The minimum absolute atomic E-state index is 0.0572. The predicted octanol–water partition coefficient (Wildman–Crippen LogP) is 5.69. The van der Waals surface area contributed by atoms with Crippen LogP contribution in [-0.4, -0.2) is 19.9 Å². The van der Waals surface area contributed by atoms with Crippen LogP contribution < -0.4 is 10.6 Å². The quantitative estimate of drug-likeness (QED) is 0.315. The van der Waals surface area contributed by atoms with Crippen molar-refractivity contribution >= 4 is 51.2 Å². The van der Waals surface area contributed by atoms with Crippen molar-refractivity contribution in [1.29, 1.82) is 0 Å². The lowest BCUT2D eigenvalue weighted by molar-refractivity contribution is -0.383. The molecule has 2 N–H and O–H groups in total. The van der Waals surface area contributed by atoms with Gasteiger partial charge in [-0.3, -0.25) is 15.1 Å². The molecule has 4 rings (SSSR count). The molecule has 0 aliphatic heterocycles. The number of aromatic nitrogens is 3.